The average molecular weight is 481 g/mol. The third-order valence-corrected chi connectivity index (χ3v) is 6.38. The summed E-state index contributed by atoms with van der Waals surface area (Å²) in [6.45, 7) is 0. The molecule has 2 N–H and O–H groups in total. The van der Waals surface area contributed by atoms with E-state index in [-0.39, 0.29) is 26.9 Å². The molecule has 0 heterocycles. The van der Waals surface area contributed by atoms with Crippen molar-refractivity contribution >= 4 is 50.5 Å². The lowest BCUT2D eigenvalue weighted by molar-refractivity contribution is 0.102. The van der Waals surface area contributed by atoms with E-state index < -0.39 is 15.9 Å². The lowest BCUT2D eigenvalue weighted by atomic mass is 10.2. The van der Waals surface area contributed by atoms with Gasteiger partial charge in [0, 0.05) is 16.9 Å². The minimum absolute atomic E-state index is 0.119. The van der Waals surface area contributed by atoms with Crippen LogP contribution in [-0.2, 0) is 10.0 Å². The number of methoxy groups -OCH3 is 2. The topological polar surface area (TPSA) is 93.7 Å². The lowest BCUT2D eigenvalue weighted by Crippen LogP contribution is -2.16. The van der Waals surface area contributed by atoms with Gasteiger partial charge in [-0.25, -0.2) is 8.42 Å². The molecular formula is C21H18Cl2N2O5S. The Balaban J connectivity index is 1.88. The second-order valence-electron chi connectivity index (χ2n) is 6.28. The van der Waals surface area contributed by atoms with Gasteiger partial charge in [0.05, 0.1) is 24.3 Å². The van der Waals surface area contributed by atoms with E-state index in [0.29, 0.717) is 16.5 Å². The number of hydrogen-bond donors (Lipinski definition) is 2. The fraction of sp³-hybridized carbons (Fsp3) is 0.0952. The van der Waals surface area contributed by atoms with E-state index in [9.17, 15) is 13.2 Å². The van der Waals surface area contributed by atoms with Crippen LogP contribution in [0, 0.1) is 0 Å². The summed E-state index contributed by atoms with van der Waals surface area (Å²) in [5.74, 6) is 0.233. The number of amides is 1. The number of carbonyl (C=O) groups is 1. The van der Waals surface area contributed by atoms with Gasteiger partial charge in [0.15, 0.2) is 0 Å². The highest BCUT2D eigenvalue weighted by Crippen LogP contribution is 2.30. The SMILES string of the molecule is COc1ccc(NS(=O)(=O)c2cc(NC(=O)c3ccc(Cl)c(Cl)c3)ccc2OC)cc1. The number of anilines is 2. The second-order valence-corrected chi connectivity index (χ2v) is 8.75. The summed E-state index contributed by atoms with van der Waals surface area (Å²) in [5.41, 5.74) is 0.867. The van der Waals surface area contributed by atoms with Gasteiger partial charge in [0.1, 0.15) is 16.4 Å². The highest BCUT2D eigenvalue weighted by molar-refractivity contribution is 7.92. The van der Waals surface area contributed by atoms with Crippen LogP contribution in [0.25, 0.3) is 0 Å². The number of ether oxygens (including phenoxy) is 2. The molecule has 0 radical (unpaired) electrons. The molecule has 1 amide bonds. The van der Waals surface area contributed by atoms with Gasteiger partial charge in [-0.1, -0.05) is 23.2 Å². The van der Waals surface area contributed by atoms with Crippen molar-refractivity contribution < 1.29 is 22.7 Å². The number of nitrogens with one attached hydrogen (secondary N) is 2. The summed E-state index contributed by atoms with van der Waals surface area (Å²) in [5, 5.41) is 3.20. The molecule has 3 aromatic carbocycles. The Labute approximate surface area is 189 Å². The van der Waals surface area contributed by atoms with E-state index in [1.54, 1.807) is 24.3 Å². The van der Waals surface area contributed by atoms with Gasteiger partial charge in [-0.3, -0.25) is 9.52 Å². The van der Waals surface area contributed by atoms with E-state index >= 15 is 0 Å². The molecule has 0 aromatic heterocycles. The Bertz CT molecular complexity index is 1210. The molecule has 0 aliphatic heterocycles. The van der Waals surface area contributed by atoms with Crippen LogP contribution in [0.15, 0.2) is 65.6 Å². The number of rotatable bonds is 7. The molecule has 3 rings (SSSR count). The van der Waals surface area contributed by atoms with E-state index in [1.165, 1.54) is 50.6 Å². The lowest BCUT2D eigenvalue weighted by Gasteiger charge is -2.14. The molecule has 0 saturated carbocycles. The number of hydrogen-bond acceptors (Lipinski definition) is 5. The van der Waals surface area contributed by atoms with Gasteiger partial charge >= 0.3 is 0 Å². The summed E-state index contributed by atoms with van der Waals surface area (Å²) < 4.78 is 38.7. The fourth-order valence-electron chi connectivity index (χ4n) is 2.67. The van der Waals surface area contributed by atoms with E-state index in [1.807, 2.05) is 0 Å². The van der Waals surface area contributed by atoms with E-state index in [2.05, 4.69) is 10.0 Å². The molecule has 162 valence electrons. The zero-order valence-corrected chi connectivity index (χ0v) is 18.8. The molecule has 0 aliphatic carbocycles. The van der Waals surface area contributed by atoms with Crippen LogP contribution in [0.1, 0.15) is 10.4 Å². The van der Waals surface area contributed by atoms with E-state index in [0.717, 1.165) is 0 Å². The molecular weight excluding hydrogens is 463 g/mol. The monoisotopic (exact) mass is 480 g/mol. The molecule has 0 atom stereocenters. The molecule has 0 fully saturated rings. The standard InChI is InChI=1S/C21H18Cl2N2O5S/c1-29-16-7-4-14(5-8-16)25-31(27,28)20-12-15(6-10-19(20)30-2)24-21(26)13-3-9-17(22)18(23)11-13/h3-12,25H,1-2H3,(H,24,26). The average Bonchev–Trinajstić information content (AvgIpc) is 2.76. The van der Waals surface area contributed by atoms with E-state index in [4.69, 9.17) is 32.7 Å². The summed E-state index contributed by atoms with van der Waals surface area (Å²) >= 11 is 11.8. The van der Waals surface area contributed by atoms with Gasteiger partial charge in [0.2, 0.25) is 0 Å². The molecule has 0 unspecified atom stereocenters. The minimum Gasteiger partial charge on any atom is -0.497 e. The molecule has 0 aliphatic rings. The van der Waals surface area contributed by atoms with Crippen molar-refractivity contribution in [2.24, 2.45) is 0 Å². The summed E-state index contributed by atoms with van der Waals surface area (Å²) in [7, 11) is -1.14. The van der Waals surface area contributed by atoms with Gasteiger partial charge < -0.3 is 14.8 Å². The van der Waals surface area contributed by atoms with Gasteiger partial charge in [-0.15, -0.1) is 0 Å². The zero-order chi connectivity index (χ0) is 22.6. The highest BCUT2D eigenvalue weighted by Gasteiger charge is 2.21. The maximum absolute atomic E-state index is 13.0. The summed E-state index contributed by atoms with van der Waals surface area (Å²) in [4.78, 5) is 12.4. The van der Waals surface area contributed by atoms with Crippen LogP contribution in [0.3, 0.4) is 0 Å². The molecule has 3 aromatic rings. The first kappa shape index (κ1) is 22.7. The van der Waals surface area contributed by atoms with Crippen LogP contribution >= 0.6 is 23.2 Å². The highest BCUT2D eigenvalue weighted by atomic mass is 35.5. The third kappa shape index (κ3) is 5.41. The number of benzene rings is 3. The fourth-order valence-corrected chi connectivity index (χ4v) is 4.23. The van der Waals surface area contributed by atoms with Gasteiger partial charge in [0.25, 0.3) is 15.9 Å². The van der Waals surface area contributed by atoms with Crippen molar-refractivity contribution in [1.82, 2.24) is 0 Å². The maximum atomic E-state index is 13.0. The molecule has 31 heavy (non-hydrogen) atoms. The molecule has 7 nitrogen and oxygen atoms in total. The molecule has 10 heteroatoms. The maximum Gasteiger partial charge on any atom is 0.265 e. The molecule has 0 spiro atoms. The third-order valence-electron chi connectivity index (χ3n) is 4.24. The number of sulfonamides is 1. The van der Waals surface area contributed by atoms with Crippen molar-refractivity contribution in [1.29, 1.82) is 0 Å². The van der Waals surface area contributed by atoms with Crippen LogP contribution in [0.5, 0.6) is 11.5 Å². The minimum atomic E-state index is -4.02. The van der Waals surface area contributed by atoms with Crippen molar-refractivity contribution in [3.63, 3.8) is 0 Å². The van der Waals surface area contributed by atoms with Crippen molar-refractivity contribution in [2.45, 2.75) is 4.90 Å². The predicted molar refractivity (Wildman–Crippen MR) is 121 cm³/mol. The van der Waals surface area contributed by atoms with Gasteiger partial charge in [-0.05, 0) is 60.7 Å². The Morgan fingerprint density at radius 3 is 2.13 bits per heavy atom. The first-order valence-electron chi connectivity index (χ1n) is 8.85. The summed E-state index contributed by atoms with van der Waals surface area (Å²) in [6, 6.07) is 15.1. The molecule has 0 bridgehead atoms. The Morgan fingerprint density at radius 1 is 0.839 bits per heavy atom. The van der Waals surface area contributed by atoms with Crippen LogP contribution < -0.4 is 19.5 Å². The largest absolute Gasteiger partial charge is 0.497 e. The normalized spacial score (nSPS) is 11.0. The Hall–Kier alpha value is -2.94. The first-order valence-corrected chi connectivity index (χ1v) is 11.1. The van der Waals surface area contributed by atoms with Crippen molar-refractivity contribution in [2.75, 3.05) is 24.3 Å². The second kappa shape index (κ2) is 9.47. The quantitative estimate of drug-likeness (QED) is 0.492. The number of halogens is 2. The van der Waals surface area contributed by atoms with Crippen LogP contribution in [0.2, 0.25) is 10.0 Å². The van der Waals surface area contributed by atoms with Crippen molar-refractivity contribution in [3.8, 4) is 11.5 Å². The zero-order valence-electron chi connectivity index (χ0n) is 16.5. The first-order chi connectivity index (χ1) is 14.7. The predicted octanol–water partition coefficient (Wildman–Crippen LogP) is 5.06. The summed E-state index contributed by atoms with van der Waals surface area (Å²) in [6.07, 6.45) is 0. The van der Waals surface area contributed by atoms with Gasteiger partial charge in [-0.2, -0.15) is 0 Å². The Morgan fingerprint density at radius 2 is 1.52 bits per heavy atom. The smallest absolute Gasteiger partial charge is 0.265 e. The number of carbonyl (C=O) groups excluding carboxylic acids is 1. The van der Waals surface area contributed by atoms with Crippen LogP contribution in [-0.4, -0.2) is 28.5 Å². The van der Waals surface area contributed by atoms with Crippen LogP contribution in [0.4, 0.5) is 11.4 Å². The Kier molecular flexibility index (Phi) is 6.94. The van der Waals surface area contributed by atoms with Crippen molar-refractivity contribution in [3.05, 3.63) is 76.3 Å². The molecule has 0 saturated heterocycles.